The summed E-state index contributed by atoms with van der Waals surface area (Å²) in [5.74, 6) is 1.30. The van der Waals surface area contributed by atoms with Crippen LogP contribution >= 0.6 is 0 Å². The maximum Gasteiger partial charge on any atom is 0.410 e. The molecule has 0 fully saturated rings. The summed E-state index contributed by atoms with van der Waals surface area (Å²) < 4.78 is 23.7. The standard InChI is InChI=1S/C34H46N4O5Si/c1-22(2)41-29-17-14-23(20-24(29)21-35)31-36-30(37-43-31)27-13-11-12-26-25(27)15-16-28(26)38(32(39)42-33(3,4)5)18-19-40-44(9,10)34(6,7)8/h11-14,17,20,22,28H,15-16,18-19H2,1-10H3/t28-/m0/s1. The second kappa shape index (κ2) is 12.7. The summed E-state index contributed by atoms with van der Waals surface area (Å²) in [4.78, 5) is 20.1. The van der Waals surface area contributed by atoms with Gasteiger partial charge >= 0.3 is 6.09 Å². The molecule has 1 aliphatic rings. The van der Waals surface area contributed by atoms with Crippen molar-refractivity contribution < 1.29 is 23.2 Å². The Hall–Kier alpha value is -3.68. The minimum absolute atomic E-state index is 0.0529. The third-order valence-electron chi connectivity index (χ3n) is 8.22. The Labute approximate surface area is 262 Å². The van der Waals surface area contributed by atoms with Gasteiger partial charge < -0.3 is 18.4 Å². The number of carbonyl (C=O) groups is 1. The number of fused-ring (bicyclic) bond motifs is 1. The highest BCUT2D eigenvalue weighted by Crippen LogP contribution is 2.42. The first kappa shape index (κ1) is 33.2. The van der Waals surface area contributed by atoms with E-state index >= 15 is 0 Å². The SMILES string of the molecule is CC(C)Oc1ccc(-c2nc(-c3cccc4c3CC[C@@H]4N(CCO[Si](C)(C)C(C)(C)C)C(=O)OC(C)(C)C)no2)cc1C#N. The second-order valence-electron chi connectivity index (χ2n) is 14.1. The summed E-state index contributed by atoms with van der Waals surface area (Å²) in [6.07, 6.45) is 1.10. The zero-order chi connectivity index (χ0) is 32.4. The van der Waals surface area contributed by atoms with E-state index in [4.69, 9.17) is 23.4 Å². The molecule has 236 valence electrons. The molecule has 0 unspecified atom stereocenters. The highest BCUT2D eigenvalue weighted by molar-refractivity contribution is 6.74. The molecule has 0 saturated heterocycles. The van der Waals surface area contributed by atoms with Crippen molar-refractivity contribution in [1.82, 2.24) is 15.0 Å². The number of carbonyl (C=O) groups excluding carboxylic acids is 1. The first-order chi connectivity index (χ1) is 20.5. The van der Waals surface area contributed by atoms with Crippen LogP contribution in [0.1, 0.15) is 84.5 Å². The van der Waals surface area contributed by atoms with Crippen LogP contribution in [0.5, 0.6) is 5.75 Å². The number of amides is 1. The number of hydrogen-bond acceptors (Lipinski definition) is 8. The van der Waals surface area contributed by atoms with Gasteiger partial charge in [-0.25, -0.2) is 4.79 Å². The normalized spacial score (nSPS) is 15.2. The molecule has 1 amide bonds. The molecule has 2 aromatic carbocycles. The Morgan fingerprint density at radius 1 is 1.16 bits per heavy atom. The van der Waals surface area contributed by atoms with Gasteiger partial charge in [0.05, 0.1) is 24.3 Å². The van der Waals surface area contributed by atoms with E-state index in [0.29, 0.717) is 41.7 Å². The monoisotopic (exact) mass is 618 g/mol. The summed E-state index contributed by atoms with van der Waals surface area (Å²) in [5.41, 5.74) is 3.42. The fraction of sp³-hybridized carbons (Fsp3) is 0.529. The minimum atomic E-state index is -1.99. The van der Waals surface area contributed by atoms with Crippen LogP contribution in [-0.4, -0.2) is 54.3 Å². The average molecular weight is 619 g/mol. The van der Waals surface area contributed by atoms with Crippen LogP contribution in [0.15, 0.2) is 40.9 Å². The first-order valence-corrected chi connectivity index (χ1v) is 18.2. The van der Waals surface area contributed by atoms with E-state index in [1.54, 1.807) is 12.1 Å². The average Bonchev–Trinajstić information content (AvgIpc) is 3.57. The van der Waals surface area contributed by atoms with Gasteiger partial charge in [0.2, 0.25) is 5.82 Å². The Morgan fingerprint density at radius 2 is 1.89 bits per heavy atom. The molecule has 0 saturated carbocycles. The molecule has 1 aromatic heterocycles. The zero-order valence-electron chi connectivity index (χ0n) is 27.8. The van der Waals surface area contributed by atoms with Crippen LogP contribution < -0.4 is 4.74 Å². The van der Waals surface area contributed by atoms with Crippen molar-refractivity contribution in [3.8, 4) is 34.7 Å². The highest BCUT2D eigenvalue weighted by atomic mass is 28.4. The summed E-state index contributed by atoms with van der Waals surface area (Å²) >= 11 is 0. The van der Waals surface area contributed by atoms with Crippen molar-refractivity contribution >= 4 is 14.4 Å². The summed E-state index contributed by atoms with van der Waals surface area (Å²) in [7, 11) is -1.99. The fourth-order valence-electron chi connectivity index (χ4n) is 5.03. The second-order valence-corrected chi connectivity index (χ2v) is 18.9. The molecule has 0 aliphatic heterocycles. The molecule has 9 nitrogen and oxygen atoms in total. The molecular formula is C34H46N4O5Si. The van der Waals surface area contributed by atoms with Crippen molar-refractivity contribution in [2.75, 3.05) is 13.2 Å². The minimum Gasteiger partial charge on any atom is -0.490 e. The van der Waals surface area contributed by atoms with Crippen LogP contribution in [-0.2, 0) is 15.6 Å². The predicted molar refractivity (Wildman–Crippen MR) is 173 cm³/mol. The van der Waals surface area contributed by atoms with E-state index < -0.39 is 13.9 Å². The maximum atomic E-state index is 13.5. The van der Waals surface area contributed by atoms with Gasteiger partial charge in [0.1, 0.15) is 17.4 Å². The molecule has 1 atom stereocenters. The Kier molecular flexibility index (Phi) is 9.62. The molecule has 10 heteroatoms. The summed E-state index contributed by atoms with van der Waals surface area (Å²) in [5, 5.41) is 14.0. The van der Waals surface area contributed by atoms with Crippen LogP contribution in [0, 0.1) is 11.3 Å². The van der Waals surface area contributed by atoms with Crippen molar-refractivity contribution in [2.24, 2.45) is 0 Å². The van der Waals surface area contributed by atoms with Crippen LogP contribution in [0.3, 0.4) is 0 Å². The Bertz CT molecular complexity index is 1530. The molecule has 0 bridgehead atoms. The number of rotatable bonds is 9. The van der Waals surface area contributed by atoms with Crippen LogP contribution in [0.2, 0.25) is 18.1 Å². The van der Waals surface area contributed by atoms with Crippen molar-refractivity contribution in [3.63, 3.8) is 0 Å². The predicted octanol–water partition coefficient (Wildman–Crippen LogP) is 8.31. The van der Waals surface area contributed by atoms with Crippen molar-refractivity contribution in [1.29, 1.82) is 5.26 Å². The van der Waals surface area contributed by atoms with Gasteiger partial charge in [0.25, 0.3) is 5.89 Å². The van der Waals surface area contributed by atoms with Gasteiger partial charge in [-0.15, -0.1) is 0 Å². The zero-order valence-corrected chi connectivity index (χ0v) is 28.8. The number of hydrogen-bond donors (Lipinski definition) is 0. The van der Waals surface area contributed by atoms with E-state index in [-0.39, 0.29) is 23.3 Å². The van der Waals surface area contributed by atoms with Gasteiger partial charge in [0, 0.05) is 17.7 Å². The molecule has 0 radical (unpaired) electrons. The van der Waals surface area contributed by atoms with E-state index in [1.165, 1.54) is 0 Å². The number of aromatic nitrogens is 2. The molecule has 1 aliphatic carbocycles. The lowest BCUT2D eigenvalue weighted by atomic mass is 10.0. The molecular weight excluding hydrogens is 572 g/mol. The molecule has 44 heavy (non-hydrogen) atoms. The number of nitrogens with zero attached hydrogens (tertiary/aromatic N) is 4. The largest absolute Gasteiger partial charge is 0.490 e. The third-order valence-corrected chi connectivity index (χ3v) is 12.8. The fourth-order valence-corrected chi connectivity index (χ4v) is 6.07. The van der Waals surface area contributed by atoms with Crippen molar-refractivity contribution in [2.45, 2.75) is 104 Å². The molecule has 1 heterocycles. The number of nitriles is 1. The quantitative estimate of drug-likeness (QED) is 0.220. The van der Waals surface area contributed by atoms with Gasteiger partial charge in [-0.05, 0) is 94.9 Å². The molecule has 0 spiro atoms. The lowest BCUT2D eigenvalue weighted by molar-refractivity contribution is 0.0125. The molecule has 3 aromatic rings. The van der Waals surface area contributed by atoms with Crippen molar-refractivity contribution in [3.05, 3.63) is 53.1 Å². The number of benzene rings is 2. The van der Waals surface area contributed by atoms with Gasteiger partial charge in [-0.1, -0.05) is 44.1 Å². The summed E-state index contributed by atoms with van der Waals surface area (Å²) in [6, 6.07) is 13.3. The lowest BCUT2D eigenvalue weighted by Crippen LogP contribution is -2.45. The summed E-state index contributed by atoms with van der Waals surface area (Å²) in [6.45, 7) is 21.4. The topological polar surface area (TPSA) is 111 Å². The highest BCUT2D eigenvalue weighted by Gasteiger charge is 2.39. The third kappa shape index (κ3) is 7.51. The van der Waals surface area contributed by atoms with E-state index in [0.717, 1.165) is 29.5 Å². The smallest absolute Gasteiger partial charge is 0.410 e. The van der Waals surface area contributed by atoms with Crippen LogP contribution in [0.4, 0.5) is 4.79 Å². The number of ether oxygens (including phenoxy) is 2. The Balaban J connectivity index is 1.62. The molecule has 4 rings (SSSR count). The van der Waals surface area contributed by atoms with E-state index in [2.05, 4.69) is 51.2 Å². The van der Waals surface area contributed by atoms with Gasteiger partial charge in [0.15, 0.2) is 8.32 Å². The first-order valence-electron chi connectivity index (χ1n) is 15.3. The maximum absolute atomic E-state index is 13.5. The molecule has 0 N–H and O–H groups in total. The van der Waals surface area contributed by atoms with Gasteiger partial charge in [-0.3, -0.25) is 4.90 Å². The van der Waals surface area contributed by atoms with E-state index in [9.17, 15) is 10.1 Å². The van der Waals surface area contributed by atoms with Crippen LogP contribution in [0.25, 0.3) is 22.8 Å². The lowest BCUT2D eigenvalue weighted by Gasteiger charge is -2.38. The van der Waals surface area contributed by atoms with Gasteiger partial charge in [-0.2, -0.15) is 10.2 Å². The van der Waals surface area contributed by atoms with E-state index in [1.807, 2.05) is 57.7 Å². The Morgan fingerprint density at radius 3 is 2.52 bits per heavy atom.